The molecular formula is C28H23N3O6. The number of rotatable bonds is 6. The number of nitro benzene ring substituents is 1. The van der Waals surface area contributed by atoms with Gasteiger partial charge in [0.05, 0.1) is 28.0 Å². The number of hydrogen-bond donors (Lipinski definition) is 1. The van der Waals surface area contributed by atoms with Gasteiger partial charge in [-0.15, -0.1) is 0 Å². The fraction of sp³-hybridized carbons (Fsp3) is 0.179. The van der Waals surface area contributed by atoms with Crippen LogP contribution in [-0.2, 0) is 16.0 Å². The third kappa shape index (κ3) is 4.84. The highest BCUT2D eigenvalue weighted by atomic mass is 16.6. The number of furan rings is 1. The molecule has 2 heterocycles. The number of ether oxygens (including phenoxy) is 1. The predicted molar refractivity (Wildman–Crippen MR) is 138 cm³/mol. The summed E-state index contributed by atoms with van der Waals surface area (Å²) < 4.78 is 10.9. The SMILES string of the molecule is Cc1cccc([N+](=O)[O-])c1NC(=O)COC(=O)c1c2c(nc3ccccc13)/C(=C/c1ccco1)CCC2. The van der Waals surface area contributed by atoms with E-state index in [9.17, 15) is 19.7 Å². The molecule has 1 amide bonds. The predicted octanol–water partition coefficient (Wildman–Crippen LogP) is 5.72. The Morgan fingerprint density at radius 2 is 1.97 bits per heavy atom. The Balaban J connectivity index is 1.44. The molecule has 37 heavy (non-hydrogen) atoms. The van der Waals surface area contributed by atoms with Crippen molar-refractivity contribution in [3.8, 4) is 0 Å². The number of carbonyl (C=O) groups excluding carboxylic acids is 2. The maximum Gasteiger partial charge on any atom is 0.339 e. The lowest BCUT2D eigenvalue weighted by molar-refractivity contribution is -0.384. The molecule has 1 aliphatic rings. The lowest BCUT2D eigenvalue weighted by atomic mass is 9.86. The summed E-state index contributed by atoms with van der Waals surface area (Å²) in [4.78, 5) is 41.6. The maximum absolute atomic E-state index is 13.4. The second kappa shape index (κ2) is 10.1. The maximum atomic E-state index is 13.4. The van der Waals surface area contributed by atoms with E-state index in [1.807, 2.05) is 36.4 Å². The molecule has 0 bridgehead atoms. The van der Waals surface area contributed by atoms with Crippen molar-refractivity contribution in [1.82, 2.24) is 4.98 Å². The number of hydrogen-bond acceptors (Lipinski definition) is 7. The summed E-state index contributed by atoms with van der Waals surface area (Å²) in [6, 6.07) is 15.5. The number of benzene rings is 2. The van der Waals surface area contributed by atoms with E-state index in [1.54, 1.807) is 25.3 Å². The van der Waals surface area contributed by atoms with Gasteiger partial charge in [-0.25, -0.2) is 9.78 Å². The van der Waals surface area contributed by atoms with Gasteiger partial charge in [-0.2, -0.15) is 0 Å². The van der Waals surface area contributed by atoms with Gasteiger partial charge < -0.3 is 14.5 Å². The van der Waals surface area contributed by atoms with Gasteiger partial charge in [-0.05, 0) is 67.2 Å². The number of fused-ring (bicyclic) bond motifs is 2. The van der Waals surface area contributed by atoms with Crippen molar-refractivity contribution in [2.24, 2.45) is 0 Å². The molecule has 0 saturated heterocycles. The van der Waals surface area contributed by atoms with Crippen LogP contribution >= 0.6 is 0 Å². The van der Waals surface area contributed by atoms with Crippen molar-refractivity contribution in [1.29, 1.82) is 0 Å². The van der Waals surface area contributed by atoms with Crippen LogP contribution in [0.4, 0.5) is 11.4 Å². The Kier molecular flexibility index (Phi) is 6.51. The summed E-state index contributed by atoms with van der Waals surface area (Å²) in [5.74, 6) is -0.621. The molecule has 2 aromatic heterocycles. The molecule has 0 fully saturated rings. The number of nitrogens with zero attached hydrogens (tertiary/aromatic N) is 2. The van der Waals surface area contributed by atoms with E-state index in [2.05, 4.69) is 5.32 Å². The zero-order chi connectivity index (χ0) is 25.9. The molecule has 1 aliphatic carbocycles. The second-order valence-corrected chi connectivity index (χ2v) is 8.72. The van der Waals surface area contributed by atoms with Gasteiger partial charge in [0.15, 0.2) is 6.61 Å². The van der Waals surface area contributed by atoms with E-state index in [0.717, 1.165) is 24.0 Å². The van der Waals surface area contributed by atoms with Gasteiger partial charge >= 0.3 is 5.97 Å². The van der Waals surface area contributed by atoms with Crippen LogP contribution in [0.25, 0.3) is 22.6 Å². The number of para-hydroxylation sites is 2. The second-order valence-electron chi connectivity index (χ2n) is 8.72. The standard InChI is InChI=1S/C28H23N3O6/c1-17-7-4-13-23(31(34)35)26(17)30-24(32)16-37-28(33)25-20-10-2-3-12-22(20)29-27-18(8-5-11-21(25)27)15-19-9-6-14-36-19/h2-4,6-7,9-10,12-15H,5,8,11,16H2,1H3,(H,30,32)/b18-15+. The van der Waals surface area contributed by atoms with Crippen molar-refractivity contribution in [3.63, 3.8) is 0 Å². The van der Waals surface area contributed by atoms with Crippen LogP contribution in [0.1, 0.15) is 45.8 Å². The molecule has 1 N–H and O–H groups in total. The minimum Gasteiger partial charge on any atom is -0.465 e. The Bertz CT molecular complexity index is 1560. The molecule has 0 spiro atoms. The van der Waals surface area contributed by atoms with Crippen molar-refractivity contribution < 1.29 is 23.7 Å². The fourth-order valence-corrected chi connectivity index (χ4v) is 4.60. The van der Waals surface area contributed by atoms with Gasteiger partial charge in [-0.3, -0.25) is 14.9 Å². The summed E-state index contributed by atoms with van der Waals surface area (Å²) in [5, 5.41) is 14.5. The largest absolute Gasteiger partial charge is 0.465 e. The molecule has 0 aliphatic heterocycles. The Hall–Kier alpha value is -4.79. The smallest absolute Gasteiger partial charge is 0.339 e. The van der Waals surface area contributed by atoms with E-state index in [4.69, 9.17) is 14.1 Å². The van der Waals surface area contributed by atoms with Crippen LogP contribution in [0.2, 0.25) is 0 Å². The number of aromatic nitrogens is 1. The van der Waals surface area contributed by atoms with Gasteiger partial charge in [-0.1, -0.05) is 30.3 Å². The van der Waals surface area contributed by atoms with Gasteiger partial charge in [0.2, 0.25) is 0 Å². The molecule has 9 heteroatoms. The average Bonchev–Trinajstić information content (AvgIpc) is 3.40. The number of pyridine rings is 1. The average molecular weight is 498 g/mol. The van der Waals surface area contributed by atoms with Crippen LogP contribution in [0, 0.1) is 17.0 Å². The van der Waals surface area contributed by atoms with Crippen molar-refractivity contribution in [2.75, 3.05) is 11.9 Å². The minimum absolute atomic E-state index is 0.0768. The quantitative estimate of drug-likeness (QED) is 0.205. The molecule has 9 nitrogen and oxygen atoms in total. The molecule has 4 aromatic rings. The summed E-state index contributed by atoms with van der Waals surface area (Å²) >= 11 is 0. The van der Waals surface area contributed by atoms with E-state index in [0.29, 0.717) is 39.9 Å². The summed E-state index contributed by atoms with van der Waals surface area (Å²) in [6.07, 6.45) is 5.76. The zero-order valence-electron chi connectivity index (χ0n) is 20.0. The summed E-state index contributed by atoms with van der Waals surface area (Å²) in [6.45, 7) is 1.06. The van der Waals surface area contributed by atoms with Gasteiger partial charge in [0.25, 0.3) is 11.6 Å². The van der Waals surface area contributed by atoms with Crippen LogP contribution in [-0.4, -0.2) is 28.4 Å². The lowest BCUT2D eigenvalue weighted by Gasteiger charge is -2.22. The summed E-state index contributed by atoms with van der Waals surface area (Å²) in [7, 11) is 0. The van der Waals surface area contributed by atoms with Gasteiger partial charge in [0, 0.05) is 11.5 Å². The first kappa shape index (κ1) is 23.9. The van der Waals surface area contributed by atoms with Crippen LogP contribution in [0.3, 0.4) is 0 Å². The third-order valence-corrected chi connectivity index (χ3v) is 6.28. The number of allylic oxidation sites excluding steroid dienone is 1. The number of carbonyl (C=O) groups is 2. The fourth-order valence-electron chi connectivity index (χ4n) is 4.60. The normalized spacial score (nSPS) is 13.8. The Morgan fingerprint density at radius 3 is 2.76 bits per heavy atom. The number of nitro groups is 1. The van der Waals surface area contributed by atoms with Gasteiger partial charge in [0.1, 0.15) is 11.4 Å². The van der Waals surface area contributed by atoms with Crippen LogP contribution in [0.15, 0.2) is 65.3 Å². The van der Waals surface area contributed by atoms with Crippen molar-refractivity contribution >= 4 is 45.8 Å². The summed E-state index contributed by atoms with van der Waals surface area (Å²) in [5.41, 5.74) is 3.83. The number of nitrogens with one attached hydrogen (secondary N) is 1. The number of anilines is 1. The molecule has 5 rings (SSSR count). The monoisotopic (exact) mass is 497 g/mol. The zero-order valence-corrected chi connectivity index (χ0v) is 20.0. The van der Waals surface area contributed by atoms with E-state index in [1.165, 1.54) is 12.1 Å². The molecular weight excluding hydrogens is 474 g/mol. The first-order chi connectivity index (χ1) is 17.9. The first-order valence-electron chi connectivity index (χ1n) is 11.8. The molecule has 0 saturated carbocycles. The highest BCUT2D eigenvalue weighted by Crippen LogP contribution is 2.36. The Labute approximate surface area is 211 Å². The Morgan fingerprint density at radius 1 is 1.14 bits per heavy atom. The van der Waals surface area contributed by atoms with E-state index in [-0.39, 0.29) is 11.4 Å². The minimum atomic E-state index is -0.670. The lowest BCUT2D eigenvalue weighted by Crippen LogP contribution is -2.23. The first-order valence-corrected chi connectivity index (χ1v) is 11.8. The van der Waals surface area contributed by atoms with Crippen molar-refractivity contribution in [3.05, 3.63) is 99.1 Å². The van der Waals surface area contributed by atoms with Crippen LogP contribution in [0.5, 0.6) is 0 Å². The highest BCUT2D eigenvalue weighted by molar-refractivity contribution is 6.07. The highest BCUT2D eigenvalue weighted by Gasteiger charge is 2.27. The van der Waals surface area contributed by atoms with E-state index < -0.39 is 23.4 Å². The molecule has 2 aromatic carbocycles. The molecule has 0 atom stereocenters. The molecule has 0 radical (unpaired) electrons. The van der Waals surface area contributed by atoms with E-state index >= 15 is 0 Å². The third-order valence-electron chi connectivity index (χ3n) is 6.28. The number of amides is 1. The van der Waals surface area contributed by atoms with Crippen LogP contribution < -0.4 is 5.32 Å². The molecule has 186 valence electrons. The molecule has 0 unspecified atom stereocenters. The number of aryl methyl sites for hydroxylation is 1. The van der Waals surface area contributed by atoms with Crippen molar-refractivity contribution in [2.45, 2.75) is 26.2 Å². The topological polar surface area (TPSA) is 125 Å². The number of esters is 1.